The largest absolute Gasteiger partial charge is 0.402 e. The molecule has 4 rings (SSSR count). The van der Waals surface area contributed by atoms with Gasteiger partial charge >= 0.3 is 18.0 Å². The molecule has 1 aromatic carbocycles. The molecule has 6 nitrogen and oxygen atoms in total. The first kappa shape index (κ1) is 24.6. The Kier molecular flexibility index (Phi) is 5.77. The van der Waals surface area contributed by atoms with E-state index >= 15 is 4.39 Å². The Morgan fingerprint density at radius 1 is 1.00 bits per heavy atom. The number of nitrogens with zero attached hydrogens (tertiary/aromatic N) is 2. The van der Waals surface area contributed by atoms with Crippen LogP contribution in [0.3, 0.4) is 0 Å². The predicted molar refractivity (Wildman–Crippen MR) is 110 cm³/mol. The van der Waals surface area contributed by atoms with Crippen molar-refractivity contribution < 1.29 is 30.7 Å². The van der Waals surface area contributed by atoms with Crippen LogP contribution in [-0.4, -0.2) is 41.0 Å². The maximum absolute atomic E-state index is 15.5. The molecule has 13 heteroatoms. The molecular weight excluding hydrogens is 473 g/mol. The first-order valence-corrected chi connectivity index (χ1v) is 10.8. The molecule has 2 heterocycles. The van der Waals surface area contributed by atoms with Gasteiger partial charge in [-0.25, -0.2) is 9.18 Å². The fourth-order valence-electron chi connectivity index (χ4n) is 5.09. The van der Waals surface area contributed by atoms with E-state index in [1.54, 1.807) is 0 Å². The highest BCUT2D eigenvalue weighted by Crippen LogP contribution is 2.45. The van der Waals surface area contributed by atoms with E-state index in [0.717, 1.165) is 0 Å². The van der Waals surface area contributed by atoms with E-state index in [1.807, 2.05) is 0 Å². The number of alkyl halides is 6. The van der Waals surface area contributed by atoms with E-state index in [9.17, 15) is 35.9 Å². The zero-order valence-electron chi connectivity index (χ0n) is 18.3. The second-order valence-electron chi connectivity index (χ2n) is 9.13. The number of hydrogen-bond acceptors (Lipinski definition) is 4. The maximum Gasteiger partial charge on any atom is 0.402 e. The third kappa shape index (κ3) is 3.97. The van der Waals surface area contributed by atoms with Crippen LogP contribution in [0, 0.1) is 31.5 Å². The lowest BCUT2D eigenvalue weighted by Crippen LogP contribution is -2.52. The second kappa shape index (κ2) is 7.99. The second-order valence-corrected chi connectivity index (χ2v) is 9.13. The summed E-state index contributed by atoms with van der Waals surface area (Å²) in [6.45, 7) is 2.48. The topological polar surface area (TPSA) is 84.1 Å². The number of halogens is 7. The van der Waals surface area contributed by atoms with Crippen LogP contribution in [0.2, 0.25) is 0 Å². The predicted octanol–water partition coefficient (Wildman–Crippen LogP) is 3.68. The summed E-state index contributed by atoms with van der Waals surface area (Å²) in [6, 6.07) is -2.44. The molecule has 2 unspecified atom stereocenters. The van der Waals surface area contributed by atoms with Gasteiger partial charge in [0.1, 0.15) is 0 Å². The van der Waals surface area contributed by atoms with Crippen LogP contribution in [0.1, 0.15) is 36.4 Å². The van der Waals surface area contributed by atoms with E-state index in [-0.39, 0.29) is 53.3 Å². The monoisotopic (exact) mass is 496 g/mol. The fraction of sp³-hybridized carbons (Fsp3) is 0.619. The lowest BCUT2D eigenvalue weighted by Gasteiger charge is -2.32. The number of aromatic amines is 1. The van der Waals surface area contributed by atoms with Crippen LogP contribution in [0.15, 0.2) is 9.59 Å². The Hall–Kier alpha value is -2.57. The van der Waals surface area contributed by atoms with Crippen molar-refractivity contribution in [3.63, 3.8) is 0 Å². The molecule has 1 aliphatic heterocycles. The Bertz CT molecular complexity index is 1230. The molecule has 2 atom stereocenters. The van der Waals surface area contributed by atoms with Gasteiger partial charge in [-0.15, -0.1) is 0 Å². The minimum atomic E-state index is -5.58. The zero-order chi connectivity index (χ0) is 25.3. The highest BCUT2D eigenvalue weighted by Gasteiger charge is 2.61. The Balaban J connectivity index is 1.78. The van der Waals surface area contributed by atoms with E-state index in [0.29, 0.717) is 12.8 Å². The molecule has 2 fully saturated rings. The van der Waals surface area contributed by atoms with Crippen LogP contribution in [-0.2, 0) is 0 Å². The number of rotatable bonds is 4. The fourth-order valence-corrected chi connectivity index (χ4v) is 5.09. The van der Waals surface area contributed by atoms with Crippen LogP contribution in [0.25, 0.3) is 10.9 Å². The number of fused-ring (bicyclic) bond motifs is 1. The van der Waals surface area contributed by atoms with Gasteiger partial charge in [0, 0.05) is 36.3 Å². The number of benzene rings is 1. The summed E-state index contributed by atoms with van der Waals surface area (Å²) in [4.78, 5) is 28.5. The van der Waals surface area contributed by atoms with Gasteiger partial charge in [-0.05, 0) is 39.0 Å². The lowest BCUT2D eigenvalue weighted by molar-refractivity contribution is -0.292. The molecule has 1 aromatic heterocycles. The van der Waals surface area contributed by atoms with Crippen molar-refractivity contribution in [3.05, 3.63) is 37.8 Å². The average Bonchev–Trinajstić information content (AvgIpc) is 3.39. The van der Waals surface area contributed by atoms with Crippen LogP contribution >= 0.6 is 0 Å². The molecule has 3 N–H and O–H groups in total. The number of aromatic nitrogens is 2. The van der Waals surface area contributed by atoms with Gasteiger partial charge in [-0.2, -0.15) is 26.3 Å². The van der Waals surface area contributed by atoms with Crippen molar-refractivity contribution in [2.45, 2.75) is 57.5 Å². The molecule has 1 saturated heterocycles. The molecule has 1 aliphatic carbocycles. The lowest BCUT2D eigenvalue weighted by atomic mass is 9.87. The molecule has 188 valence electrons. The summed E-state index contributed by atoms with van der Waals surface area (Å²) >= 11 is 0. The highest BCUT2D eigenvalue weighted by atomic mass is 19.4. The molecule has 0 spiro atoms. The Morgan fingerprint density at radius 3 is 2.12 bits per heavy atom. The third-order valence-corrected chi connectivity index (χ3v) is 6.85. The number of nitrogens with one attached hydrogen (secondary N) is 1. The summed E-state index contributed by atoms with van der Waals surface area (Å²) in [5, 5.41) is -0.00750. The van der Waals surface area contributed by atoms with Crippen molar-refractivity contribution >= 4 is 16.6 Å². The van der Waals surface area contributed by atoms with Crippen molar-refractivity contribution in [2.75, 3.05) is 18.0 Å². The summed E-state index contributed by atoms with van der Waals surface area (Å²) in [6.07, 6.45) is -9.89. The molecule has 2 aliphatic rings. The first-order chi connectivity index (χ1) is 15.6. The molecule has 0 bridgehead atoms. The van der Waals surface area contributed by atoms with Crippen molar-refractivity contribution in [1.29, 1.82) is 0 Å². The van der Waals surface area contributed by atoms with Gasteiger partial charge in [0.2, 0.25) is 0 Å². The first-order valence-electron chi connectivity index (χ1n) is 10.8. The molecule has 34 heavy (non-hydrogen) atoms. The van der Waals surface area contributed by atoms with E-state index in [1.165, 1.54) is 23.3 Å². The van der Waals surface area contributed by atoms with Gasteiger partial charge in [-0.1, -0.05) is 0 Å². The van der Waals surface area contributed by atoms with Gasteiger partial charge in [-0.3, -0.25) is 14.3 Å². The maximum atomic E-state index is 15.5. The molecule has 0 amide bonds. The summed E-state index contributed by atoms with van der Waals surface area (Å²) in [5.41, 5.74) is 4.43. The van der Waals surface area contributed by atoms with Crippen molar-refractivity contribution in [1.82, 2.24) is 9.55 Å². The zero-order valence-corrected chi connectivity index (χ0v) is 18.3. The van der Waals surface area contributed by atoms with E-state index in [2.05, 4.69) is 4.98 Å². The number of H-pyrrole nitrogens is 1. The van der Waals surface area contributed by atoms with Crippen LogP contribution < -0.4 is 21.9 Å². The molecule has 2 aromatic rings. The van der Waals surface area contributed by atoms with E-state index in [4.69, 9.17) is 5.73 Å². The van der Waals surface area contributed by atoms with Crippen LogP contribution in [0.5, 0.6) is 0 Å². The Morgan fingerprint density at radius 2 is 1.59 bits per heavy atom. The summed E-state index contributed by atoms with van der Waals surface area (Å²) in [7, 11) is 0. The number of anilines is 1. The van der Waals surface area contributed by atoms with Gasteiger partial charge in [0.05, 0.1) is 16.6 Å². The normalized spacial score (nSPS) is 20.6. The van der Waals surface area contributed by atoms with Crippen molar-refractivity contribution in [2.24, 2.45) is 17.6 Å². The SMILES string of the molecule is Cc1c(F)c(N2CCC(C(N)C(C(F)(F)F)C(F)(F)F)C2)c(C)c2c1c(=O)[nH]c(=O)n2C1CC1. The molecular formula is C21H23F7N4O2. The Labute approximate surface area is 188 Å². The summed E-state index contributed by atoms with van der Waals surface area (Å²) in [5.74, 6) is -5.71. The average molecular weight is 496 g/mol. The highest BCUT2D eigenvalue weighted by molar-refractivity contribution is 5.90. The molecule has 0 radical (unpaired) electrons. The minimum Gasteiger partial charge on any atom is -0.369 e. The van der Waals surface area contributed by atoms with Gasteiger partial charge < -0.3 is 10.6 Å². The third-order valence-electron chi connectivity index (χ3n) is 6.85. The van der Waals surface area contributed by atoms with Gasteiger partial charge in [0.25, 0.3) is 5.56 Å². The standard InChI is InChI=1S/C21H23F7N4O2/c1-8-12-15(32(11-3-4-11)19(34)30-18(12)33)9(2)16(13(8)22)31-6-5-10(7-31)14(29)17(20(23,24)25)21(26,27)28/h10-11,14,17H,3-7,29H2,1-2H3,(H,30,33,34). The number of aryl methyl sites for hydroxylation is 2. The van der Waals surface area contributed by atoms with Crippen LogP contribution in [0.4, 0.5) is 36.4 Å². The van der Waals surface area contributed by atoms with E-state index < -0.39 is 47.3 Å². The number of hydrogen-bond donors (Lipinski definition) is 2. The summed E-state index contributed by atoms with van der Waals surface area (Å²) < 4.78 is 95.8. The molecule has 1 saturated carbocycles. The van der Waals surface area contributed by atoms with Gasteiger partial charge in [0.15, 0.2) is 11.7 Å². The number of nitrogens with two attached hydrogens (primary N) is 1. The minimum absolute atomic E-state index is 0.00750. The smallest absolute Gasteiger partial charge is 0.369 e. The van der Waals surface area contributed by atoms with Crippen molar-refractivity contribution in [3.8, 4) is 0 Å². The quantitative estimate of drug-likeness (QED) is 0.633.